The van der Waals surface area contributed by atoms with Crippen molar-refractivity contribution < 1.29 is 0 Å². The van der Waals surface area contributed by atoms with Crippen LogP contribution in [0.2, 0.25) is 0 Å². The van der Waals surface area contributed by atoms with E-state index in [0.29, 0.717) is 5.78 Å². The molecule has 5 heteroatoms. The predicted molar refractivity (Wildman–Crippen MR) is 52.3 cm³/mol. The average Bonchev–Trinajstić information content (AvgIpc) is 2.48. The van der Waals surface area contributed by atoms with E-state index >= 15 is 0 Å². The molecule has 2 aromatic rings. The molecule has 5 nitrogen and oxygen atoms in total. The maximum atomic E-state index is 11.3. The zero-order chi connectivity index (χ0) is 10.1. The van der Waals surface area contributed by atoms with Crippen molar-refractivity contribution in [1.82, 2.24) is 19.6 Å². The van der Waals surface area contributed by atoms with Gasteiger partial charge in [0.1, 0.15) is 5.82 Å². The first-order valence-electron chi connectivity index (χ1n) is 4.66. The van der Waals surface area contributed by atoms with Crippen LogP contribution in [0, 0.1) is 6.92 Å². The number of aromatic nitrogens is 4. The first-order chi connectivity index (χ1) is 6.72. The highest BCUT2D eigenvalue weighted by atomic mass is 16.1. The smallest absolute Gasteiger partial charge is 0.252 e. The Kier molecular flexibility index (Phi) is 2.07. The molecule has 2 heterocycles. The van der Waals surface area contributed by atoms with E-state index in [2.05, 4.69) is 22.1 Å². The van der Waals surface area contributed by atoms with Crippen LogP contribution in [0.25, 0.3) is 5.78 Å². The number of fused-ring (bicyclic) bond motifs is 1. The van der Waals surface area contributed by atoms with Crippen molar-refractivity contribution in [3.8, 4) is 0 Å². The molecule has 0 radical (unpaired) electrons. The van der Waals surface area contributed by atoms with Gasteiger partial charge in [-0.1, -0.05) is 13.3 Å². The number of nitrogens with zero attached hydrogens (tertiary/aromatic N) is 3. The Hall–Kier alpha value is -1.65. The Morgan fingerprint density at radius 3 is 3.00 bits per heavy atom. The summed E-state index contributed by atoms with van der Waals surface area (Å²) >= 11 is 0. The lowest BCUT2D eigenvalue weighted by Gasteiger charge is -2.02. The van der Waals surface area contributed by atoms with Crippen molar-refractivity contribution in [1.29, 1.82) is 0 Å². The van der Waals surface area contributed by atoms with Gasteiger partial charge < -0.3 is 0 Å². The molecular formula is C9H12N4O. The number of rotatable bonds is 2. The Balaban J connectivity index is 2.77. The van der Waals surface area contributed by atoms with E-state index < -0.39 is 0 Å². The van der Waals surface area contributed by atoms with Crippen LogP contribution in [0.15, 0.2) is 10.9 Å². The summed E-state index contributed by atoms with van der Waals surface area (Å²) in [4.78, 5) is 13.9. The van der Waals surface area contributed by atoms with Crippen molar-refractivity contribution in [2.45, 2.75) is 26.7 Å². The second kappa shape index (κ2) is 3.25. The van der Waals surface area contributed by atoms with Gasteiger partial charge in [-0.3, -0.25) is 14.2 Å². The lowest BCUT2D eigenvalue weighted by atomic mass is 10.2. The van der Waals surface area contributed by atoms with Gasteiger partial charge in [-0.25, -0.2) is 0 Å². The molecule has 0 aromatic carbocycles. The van der Waals surface area contributed by atoms with E-state index in [9.17, 15) is 4.79 Å². The molecule has 0 spiro atoms. The maximum Gasteiger partial charge on any atom is 0.252 e. The molecule has 2 rings (SSSR count). The van der Waals surface area contributed by atoms with E-state index in [4.69, 9.17) is 0 Å². The van der Waals surface area contributed by atoms with Gasteiger partial charge in [-0.15, -0.1) is 10.2 Å². The normalized spacial score (nSPS) is 11.0. The fraction of sp³-hybridized carbons (Fsp3) is 0.444. The molecular weight excluding hydrogens is 180 g/mol. The second-order valence-corrected chi connectivity index (χ2v) is 3.28. The van der Waals surface area contributed by atoms with Gasteiger partial charge in [-0.05, 0) is 13.3 Å². The highest BCUT2D eigenvalue weighted by molar-refractivity contribution is 5.29. The molecule has 0 aliphatic heterocycles. The number of nitrogens with one attached hydrogen (secondary N) is 1. The first-order valence-corrected chi connectivity index (χ1v) is 4.66. The summed E-state index contributed by atoms with van der Waals surface area (Å²) in [6, 6.07) is 1.60. The number of hydrogen-bond acceptors (Lipinski definition) is 3. The standard InChI is InChI=1S/C9H12N4O/c1-3-4-7-5-8(14)10-9-12-11-6(2)13(7)9/h5H,3-4H2,1-2H3,(H,10,12,14). The SMILES string of the molecule is CCCc1cc(=O)[nH]c2nnc(C)n12. The van der Waals surface area contributed by atoms with Gasteiger partial charge in [-0.2, -0.15) is 0 Å². The second-order valence-electron chi connectivity index (χ2n) is 3.28. The largest absolute Gasteiger partial charge is 0.291 e. The van der Waals surface area contributed by atoms with Crippen molar-refractivity contribution >= 4 is 5.78 Å². The predicted octanol–water partition coefficient (Wildman–Crippen LogP) is 0.679. The van der Waals surface area contributed by atoms with Gasteiger partial charge in [0.2, 0.25) is 5.78 Å². The molecule has 0 atom stereocenters. The van der Waals surface area contributed by atoms with E-state index in [1.165, 1.54) is 0 Å². The molecule has 0 aliphatic carbocycles. The molecule has 1 N–H and O–H groups in total. The van der Waals surface area contributed by atoms with E-state index in [1.807, 2.05) is 11.3 Å². The molecule has 0 aliphatic rings. The van der Waals surface area contributed by atoms with Crippen molar-refractivity contribution in [2.24, 2.45) is 0 Å². The first kappa shape index (κ1) is 8.93. The molecule has 0 saturated carbocycles. The summed E-state index contributed by atoms with van der Waals surface area (Å²) in [6.07, 6.45) is 1.86. The molecule has 0 saturated heterocycles. The third-order valence-corrected chi connectivity index (χ3v) is 2.15. The van der Waals surface area contributed by atoms with Gasteiger partial charge in [0, 0.05) is 11.8 Å². The summed E-state index contributed by atoms with van der Waals surface area (Å²) < 4.78 is 1.88. The Bertz CT molecular complexity index is 511. The number of H-pyrrole nitrogens is 1. The molecule has 74 valence electrons. The van der Waals surface area contributed by atoms with E-state index in [-0.39, 0.29) is 5.56 Å². The summed E-state index contributed by atoms with van der Waals surface area (Å²) in [5, 5.41) is 7.80. The van der Waals surface area contributed by atoms with Gasteiger partial charge >= 0.3 is 0 Å². The topological polar surface area (TPSA) is 63.0 Å². The van der Waals surface area contributed by atoms with E-state index in [0.717, 1.165) is 24.4 Å². The minimum Gasteiger partial charge on any atom is -0.291 e. The third kappa shape index (κ3) is 1.30. The van der Waals surface area contributed by atoms with Crippen molar-refractivity contribution in [2.75, 3.05) is 0 Å². The van der Waals surface area contributed by atoms with Crippen LogP contribution >= 0.6 is 0 Å². The third-order valence-electron chi connectivity index (χ3n) is 2.15. The zero-order valence-corrected chi connectivity index (χ0v) is 8.24. The summed E-state index contributed by atoms with van der Waals surface area (Å²) in [7, 11) is 0. The molecule has 2 aromatic heterocycles. The fourth-order valence-corrected chi connectivity index (χ4v) is 1.59. The van der Waals surface area contributed by atoms with Crippen LogP contribution in [0.5, 0.6) is 0 Å². The Morgan fingerprint density at radius 1 is 1.50 bits per heavy atom. The maximum absolute atomic E-state index is 11.3. The lowest BCUT2D eigenvalue weighted by molar-refractivity contribution is 0.830. The quantitative estimate of drug-likeness (QED) is 0.761. The van der Waals surface area contributed by atoms with Gasteiger partial charge in [0.15, 0.2) is 0 Å². The van der Waals surface area contributed by atoms with Crippen LogP contribution in [0.1, 0.15) is 24.9 Å². The van der Waals surface area contributed by atoms with Gasteiger partial charge in [0.05, 0.1) is 0 Å². The minimum atomic E-state index is -0.117. The van der Waals surface area contributed by atoms with E-state index in [1.54, 1.807) is 6.07 Å². The fourth-order valence-electron chi connectivity index (χ4n) is 1.59. The lowest BCUT2D eigenvalue weighted by Crippen LogP contribution is -2.12. The Labute approximate surface area is 80.8 Å². The number of aromatic amines is 1. The summed E-state index contributed by atoms with van der Waals surface area (Å²) in [6.45, 7) is 3.95. The molecule has 0 bridgehead atoms. The highest BCUT2D eigenvalue weighted by Crippen LogP contribution is 2.05. The van der Waals surface area contributed by atoms with Crippen molar-refractivity contribution in [3.63, 3.8) is 0 Å². The average molecular weight is 192 g/mol. The van der Waals surface area contributed by atoms with Crippen molar-refractivity contribution in [3.05, 3.63) is 27.9 Å². The summed E-state index contributed by atoms with van der Waals surface area (Å²) in [5.74, 6) is 1.33. The number of aryl methyl sites for hydroxylation is 2. The molecule has 0 unspecified atom stereocenters. The Morgan fingerprint density at radius 2 is 2.29 bits per heavy atom. The molecule has 0 amide bonds. The van der Waals surface area contributed by atoms with Crippen LogP contribution in [-0.4, -0.2) is 19.6 Å². The number of hydrogen-bond donors (Lipinski definition) is 1. The van der Waals surface area contributed by atoms with Crippen LogP contribution < -0.4 is 5.56 Å². The van der Waals surface area contributed by atoms with Crippen LogP contribution in [-0.2, 0) is 6.42 Å². The monoisotopic (exact) mass is 192 g/mol. The van der Waals surface area contributed by atoms with Gasteiger partial charge in [0.25, 0.3) is 5.56 Å². The van der Waals surface area contributed by atoms with Crippen LogP contribution in [0.3, 0.4) is 0 Å². The highest BCUT2D eigenvalue weighted by Gasteiger charge is 2.06. The van der Waals surface area contributed by atoms with Crippen LogP contribution in [0.4, 0.5) is 0 Å². The zero-order valence-electron chi connectivity index (χ0n) is 8.24. The summed E-state index contributed by atoms with van der Waals surface area (Å²) in [5.41, 5.74) is 0.849. The minimum absolute atomic E-state index is 0.117. The molecule has 14 heavy (non-hydrogen) atoms. The molecule has 0 fully saturated rings.